The summed E-state index contributed by atoms with van der Waals surface area (Å²) < 4.78 is 16.1. The lowest BCUT2D eigenvalue weighted by atomic mass is 10.1. The van der Waals surface area contributed by atoms with Crippen LogP contribution in [0.25, 0.3) is 0 Å². The van der Waals surface area contributed by atoms with Gasteiger partial charge in [0.25, 0.3) is 0 Å². The Morgan fingerprint density at radius 2 is 2.13 bits per heavy atom. The second-order valence-electron chi connectivity index (χ2n) is 6.60. The monoisotopic (exact) mass is 322 g/mol. The summed E-state index contributed by atoms with van der Waals surface area (Å²) in [6, 6.07) is 5.87. The molecule has 6 nitrogen and oxygen atoms in total. The van der Waals surface area contributed by atoms with Crippen LogP contribution in [0, 0.1) is 0 Å². The van der Waals surface area contributed by atoms with Gasteiger partial charge in [0.05, 0.1) is 19.4 Å². The molecule has 128 valence electrons. The highest BCUT2D eigenvalue weighted by Crippen LogP contribution is 2.29. The summed E-state index contributed by atoms with van der Waals surface area (Å²) in [7, 11) is 1.57. The van der Waals surface area contributed by atoms with Crippen molar-refractivity contribution in [1.29, 1.82) is 0 Å². The van der Waals surface area contributed by atoms with Gasteiger partial charge in [0, 0.05) is 18.3 Å². The van der Waals surface area contributed by atoms with E-state index in [1.165, 1.54) is 0 Å². The van der Waals surface area contributed by atoms with E-state index in [1.54, 1.807) is 7.11 Å². The number of hydrogen-bond acceptors (Lipinski definition) is 5. The van der Waals surface area contributed by atoms with Crippen molar-refractivity contribution >= 4 is 17.5 Å². The standard InChI is InChI=1S/C17H26N2O4/c1-17(2,3)23-16(20)19-14-10-12(7-8-15(14)21-4)18-13-6-5-9-22-11-13/h7-8,10,13,18H,5-6,9,11H2,1-4H3,(H,19,20). The van der Waals surface area contributed by atoms with E-state index in [2.05, 4.69) is 10.6 Å². The van der Waals surface area contributed by atoms with Gasteiger partial charge < -0.3 is 19.5 Å². The van der Waals surface area contributed by atoms with Crippen molar-refractivity contribution in [2.75, 3.05) is 31.0 Å². The van der Waals surface area contributed by atoms with E-state index in [0.717, 1.165) is 25.1 Å². The molecule has 0 bridgehead atoms. The molecule has 1 heterocycles. The van der Waals surface area contributed by atoms with Crippen LogP contribution in [0.4, 0.5) is 16.2 Å². The van der Waals surface area contributed by atoms with Crippen LogP contribution in [0.1, 0.15) is 33.6 Å². The molecule has 1 aromatic carbocycles. The molecule has 1 aliphatic rings. The zero-order valence-electron chi connectivity index (χ0n) is 14.3. The summed E-state index contributed by atoms with van der Waals surface area (Å²) in [5.41, 5.74) is 0.933. The first kappa shape index (κ1) is 17.4. The third kappa shape index (κ3) is 5.63. The van der Waals surface area contributed by atoms with E-state index in [4.69, 9.17) is 14.2 Å². The highest BCUT2D eigenvalue weighted by molar-refractivity contribution is 5.88. The van der Waals surface area contributed by atoms with Gasteiger partial charge in [-0.3, -0.25) is 5.32 Å². The average molecular weight is 322 g/mol. The number of carbonyl (C=O) groups is 1. The smallest absolute Gasteiger partial charge is 0.412 e. The molecule has 0 aromatic heterocycles. The normalized spacial score (nSPS) is 18.2. The van der Waals surface area contributed by atoms with Gasteiger partial charge in [0.15, 0.2) is 0 Å². The van der Waals surface area contributed by atoms with Crippen LogP contribution in [0.3, 0.4) is 0 Å². The molecule has 2 N–H and O–H groups in total. The summed E-state index contributed by atoms with van der Waals surface area (Å²) >= 11 is 0. The van der Waals surface area contributed by atoms with Gasteiger partial charge in [-0.05, 0) is 51.8 Å². The van der Waals surface area contributed by atoms with Crippen molar-refractivity contribution in [3.8, 4) is 5.75 Å². The van der Waals surface area contributed by atoms with Gasteiger partial charge >= 0.3 is 6.09 Å². The third-order valence-electron chi connectivity index (χ3n) is 3.37. The van der Waals surface area contributed by atoms with Crippen LogP contribution in [-0.2, 0) is 9.47 Å². The fourth-order valence-corrected chi connectivity index (χ4v) is 2.40. The van der Waals surface area contributed by atoms with E-state index in [0.29, 0.717) is 18.0 Å². The lowest BCUT2D eigenvalue weighted by molar-refractivity contribution is 0.0635. The summed E-state index contributed by atoms with van der Waals surface area (Å²) in [5.74, 6) is 0.585. The van der Waals surface area contributed by atoms with Crippen LogP contribution in [0.2, 0.25) is 0 Å². The molecule has 1 fully saturated rings. The van der Waals surface area contributed by atoms with Crippen molar-refractivity contribution < 1.29 is 19.0 Å². The maximum Gasteiger partial charge on any atom is 0.412 e. The van der Waals surface area contributed by atoms with E-state index >= 15 is 0 Å². The summed E-state index contributed by atoms with van der Waals surface area (Å²) in [6.45, 7) is 6.99. The van der Waals surface area contributed by atoms with E-state index in [1.807, 2.05) is 39.0 Å². The fourth-order valence-electron chi connectivity index (χ4n) is 2.40. The Kier molecular flexibility index (Phi) is 5.71. The van der Waals surface area contributed by atoms with E-state index in [9.17, 15) is 4.79 Å². The molecule has 1 unspecified atom stereocenters. The highest BCUT2D eigenvalue weighted by Gasteiger charge is 2.18. The molecule has 6 heteroatoms. The minimum Gasteiger partial charge on any atom is -0.495 e. The predicted molar refractivity (Wildman–Crippen MR) is 90.3 cm³/mol. The number of ether oxygens (including phenoxy) is 3. The summed E-state index contributed by atoms with van der Waals surface area (Å²) in [6.07, 6.45) is 1.62. The van der Waals surface area contributed by atoms with Crippen LogP contribution < -0.4 is 15.4 Å². The molecule has 0 radical (unpaired) electrons. The quantitative estimate of drug-likeness (QED) is 0.886. The van der Waals surface area contributed by atoms with Gasteiger partial charge in [-0.1, -0.05) is 0 Å². The van der Waals surface area contributed by atoms with Crippen molar-refractivity contribution in [2.45, 2.75) is 45.3 Å². The summed E-state index contributed by atoms with van der Waals surface area (Å²) in [4.78, 5) is 12.0. The minimum atomic E-state index is -0.549. The number of carbonyl (C=O) groups excluding carboxylic acids is 1. The molecule has 0 spiro atoms. The SMILES string of the molecule is COc1ccc(NC2CCCOC2)cc1NC(=O)OC(C)(C)C. The Balaban J connectivity index is 2.07. The predicted octanol–water partition coefficient (Wildman–Crippen LogP) is 3.63. The Morgan fingerprint density at radius 1 is 1.35 bits per heavy atom. The number of amides is 1. The number of anilines is 2. The number of hydrogen-bond donors (Lipinski definition) is 2. The van der Waals surface area contributed by atoms with Gasteiger partial charge in [0.2, 0.25) is 0 Å². The topological polar surface area (TPSA) is 68.8 Å². The van der Waals surface area contributed by atoms with Crippen molar-refractivity contribution in [3.05, 3.63) is 18.2 Å². The number of nitrogens with one attached hydrogen (secondary N) is 2. The molecule has 1 aliphatic heterocycles. The van der Waals surface area contributed by atoms with Gasteiger partial charge in [-0.2, -0.15) is 0 Å². The molecular weight excluding hydrogens is 296 g/mol. The molecule has 0 saturated carbocycles. The average Bonchev–Trinajstić information content (AvgIpc) is 2.46. The molecule has 23 heavy (non-hydrogen) atoms. The first-order chi connectivity index (χ1) is 10.9. The Labute approximate surface area is 137 Å². The summed E-state index contributed by atoms with van der Waals surface area (Å²) in [5, 5.41) is 6.16. The second-order valence-corrected chi connectivity index (χ2v) is 6.60. The van der Waals surface area contributed by atoms with Crippen molar-refractivity contribution in [3.63, 3.8) is 0 Å². The molecule has 1 aromatic rings. The van der Waals surface area contributed by atoms with Gasteiger partial charge in [-0.25, -0.2) is 4.79 Å². The van der Waals surface area contributed by atoms with Crippen LogP contribution in [0.15, 0.2) is 18.2 Å². The maximum absolute atomic E-state index is 12.0. The molecular formula is C17H26N2O4. The highest BCUT2D eigenvalue weighted by atomic mass is 16.6. The number of benzene rings is 1. The Morgan fingerprint density at radius 3 is 2.74 bits per heavy atom. The molecule has 2 rings (SSSR count). The lowest BCUT2D eigenvalue weighted by Gasteiger charge is -2.25. The Bertz CT molecular complexity index is 534. The third-order valence-corrected chi connectivity index (χ3v) is 3.37. The lowest BCUT2D eigenvalue weighted by Crippen LogP contribution is -2.30. The van der Waals surface area contributed by atoms with Crippen LogP contribution in [-0.4, -0.2) is 38.1 Å². The van der Waals surface area contributed by atoms with Crippen LogP contribution in [0.5, 0.6) is 5.75 Å². The molecule has 1 saturated heterocycles. The van der Waals surface area contributed by atoms with E-state index in [-0.39, 0.29) is 6.04 Å². The zero-order chi connectivity index (χ0) is 16.9. The van der Waals surface area contributed by atoms with Crippen molar-refractivity contribution in [2.24, 2.45) is 0 Å². The minimum absolute atomic E-state index is 0.284. The first-order valence-electron chi connectivity index (χ1n) is 7.90. The maximum atomic E-state index is 12.0. The fraction of sp³-hybridized carbons (Fsp3) is 0.588. The Hall–Kier alpha value is -1.95. The van der Waals surface area contributed by atoms with Crippen molar-refractivity contribution in [1.82, 2.24) is 0 Å². The first-order valence-corrected chi connectivity index (χ1v) is 7.90. The largest absolute Gasteiger partial charge is 0.495 e. The molecule has 1 atom stereocenters. The molecule has 1 amide bonds. The zero-order valence-corrected chi connectivity index (χ0v) is 14.3. The number of rotatable bonds is 4. The van der Waals surface area contributed by atoms with Gasteiger partial charge in [0.1, 0.15) is 11.4 Å². The molecule has 0 aliphatic carbocycles. The van der Waals surface area contributed by atoms with Crippen LogP contribution >= 0.6 is 0 Å². The van der Waals surface area contributed by atoms with Gasteiger partial charge in [-0.15, -0.1) is 0 Å². The number of methoxy groups -OCH3 is 1. The second kappa shape index (κ2) is 7.55. The van der Waals surface area contributed by atoms with E-state index < -0.39 is 11.7 Å².